The highest BCUT2D eigenvalue weighted by Gasteiger charge is 2.33. The zero-order valence-electron chi connectivity index (χ0n) is 14.2. The van der Waals surface area contributed by atoms with Gasteiger partial charge in [0.15, 0.2) is 11.5 Å². The molecule has 0 radical (unpaired) electrons. The molecule has 24 heavy (non-hydrogen) atoms. The Labute approximate surface area is 142 Å². The van der Waals surface area contributed by atoms with Crippen LogP contribution in [0.15, 0.2) is 42.7 Å². The normalized spacial score (nSPS) is 21.0. The molecule has 2 aromatic rings. The zero-order chi connectivity index (χ0) is 16.9. The number of ether oxygens (including phenoxy) is 2. The average molecular weight is 328 g/mol. The van der Waals surface area contributed by atoms with Crippen molar-refractivity contribution in [3.8, 4) is 11.5 Å². The van der Waals surface area contributed by atoms with Gasteiger partial charge in [0.05, 0.1) is 14.2 Å². The monoisotopic (exact) mass is 328 g/mol. The summed E-state index contributed by atoms with van der Waals surface area (Å²) in [6, 6.07) is 10.1. The highest BCUT2D eigenvalue weighted by Crippen LogP contribution is 2.34. The molecule has 1 aromatic carbocycles. The molecule has 0 amide bonds. The van der Waals surface area contributed by atoms with Crippen LogP contribution in [0.5, 0.6) is 11.5 Å². The number of aliphatic hydroxyl groups excluding tert-OH is 1. The minimum atomic E-state index is 0.204. The van der Waals surface area contributed by atoms with Crippen LogP contribution >= 0.6 is 0 Å². The average Bonchev–Trinajstić information content (AvgIpc) is 3.05. The SMILES string of the molecule is COc1ccc(CN2C[C@@H](CO)[C@H](c3ccncc3)C2)cc1OC. The van der Waals surface area contributed by atoms with Crippen molar-refractivity contribution in [3.05, 3.63) is 53.9 Å². The lowest BCUT2D eigenvalue weighted by atomic mass is 9.90. The van der Waals surface area contributed by atoms with Crippen LogP contribution in [0.25, 0.3) is 0 Å². The number of likely N-dealkylation sites (tertiary alicyclic amines) is 1. The van der Waals surface area contributed by atoms with Crippen LogP contribution in [-0.2, 0) is 6.54 Å². The number of rotatable bonds is 6. The lowest BCUT2D eigenvalue weighted by molar-refractivity contribution is 0.214. The van der Waals surface area contributed by atoms with E-state index in [1.807, 2.05) is 36.7 Å². The number of methoxy groups -OCH3 is 2. The van der Waals surface area contributed by atoms with Crippen LogP contribution in [0.2, 0.25) is 0 Å². The van der Waals surface area contributed by atoms with Gasteiger partial charge in [0.1, 0.15) is 0 Å². The van der Waals surface area contributed by atoms with Gasteiger partial charge in [0, 0.05) is 50.5 Å². The second-order valence-corrected chi connectivity index (χ2v) is 6.21. The molecule has 2 atom stereocenters. The number of pyridine rings is 1. The zero-order valence-corrected chi connectivity index (χ0v) is 14.2. The summed E-state index contributed by atoms with van der Waals surface area (Å²) >= 11 is 0. The molecular formula is C19H24N2O3. The summed E-state index contributed by atoms with van der Waals surface area (Å²) in [6.07, 6.45) is 3.64. The first-order chi connectivity index (χ1) is 11.7. The number of aliphatic hydroxyl groups is 1. The maximum Gasteiger partial charge on any atom is 0.161 e. The van der Waals surface area contributed by atoms with Crippen LogP contribution in [-0.4, -0.2) is 48.9 Å². The second kappa shape index (κ2) is 7.64. The largest absolute Gasteiger partial charge is 0.493 e. The molecule has 128 valence electrons. The first kappa shape index (κ1) is 16.7. The Morgan fingerprint density at radius 2 is 1.83 bits per heavy atom. The summed E-state index contributed by atoms with van der Waals surface area (Å²) < 4.78 is 10.7. The van der Waals surface area contributed by atoms with E-state index in [1.54, 1.807) is 14.2 Å². The minimum absolute atomic E-state index is 0.204. The summed E-state index contributed by atoms with van der Waals surface area (Å²) in [6.45, 7) is 2.86. The molecular weight excluding hydrogens is 304 g/mol. The van der Waals surface area contributed by atoms with E-state index in [-0.39, 0.29) is 12.5 Å². The Balaban J connectivity index is 1.72. The molecule has 0 spiro atoms. The van der Waals surface area contributed by atoms with Gasteiger partial charge in [0.25, 0.3) is 0 Å². The van der Waals surface area contributed by atoms with E-state index in [0.717, 1.165) is 31.1 Å². The van der Waals surface area contributed by atoms with Crippen LogP contribution in [0, 0.1) is 5.92 Å². The highest BCUT2D eigenvalue weighted by molar-refractivity contribution is 5.42. The number of benzene rings is 1. The van der Waals surface area contributed by atoms with Crippen molar-refractivity contribution < 1.29 is 14.6 Å². The standard InChI is InChI=1S/C19H24N2O3/c1-23-18-4-3-14(9-19(18)24-2)10-21-11-16(13-22)17(12-21)15-5-7-20-8-6-15/h3-9,16-17,22H,10-13H2,1-2H3/t16-,17-/m0/s1. The first-order valence-electron chi connectivity index (χ1n) is 8.19. The van der Waals surface area contributed by atoms with E-state index in [9.17, 15) is 5.11 Å². The molecule has 1 aliphatic rings. The van der Waals surface area contributed by atoms with Crippen molar-refractivity contribution in [1.82, 2.24) is 9.88 Å². The third-order valence-electron chi connectivity index (χ3n) is 4.74. The summed E-state index contributed by atoms with van der Waals surface area (Å²) in [4.78, 5) is 6.47. The molecule has 1 N–H and O–H groups in total. The van der Waals surface area contributed by atoms with Gasteiger partial charge in [-0.05, 0) is 35.4 Å². The fourth-order valence-electron chi connectivity index (χ4n) is 3.50. The van der Waals surface area contributed by atoms with Gasteiger partial charge in [0.2, 0.25) is 0 Å². The third-order valence-corrected chi connectivity index (χ3v) is 4.74. The highest BCUT2D eigenvalue weighted by atomic mass is 16.5. The maximum atomic E-state index is 9.75. The third kappa shape index (κ3) is 3.52. The Kier molecular flexibility index (Phi) is 5.33. The molecule has 0 aliphatic carbocycles. The summed E-state index contributed by atoms with van der Waals surface area (Å²) in [5.41, 5.74) is 2.43. The van der Waals surface area contributed by atoms with Crippen molar-refractivity contribution >= 4 is 0 Å². The molecule has 1 saturated heterocycles. The van der Waals surface area contributed by atoms with Crippen LogP contribution in [0.1, 0.15) is 17.0 Å². The minimum Gasteiger partial charge on any atom is -0.493 e. The van der Waals surface area contributed by atoms with Gasteiger partial charge >= 0.3 is 0 Å². The molecule has 1 aromatic heterocycles. The Morgan fingerprint density at radius 3 is 2.50 bits per heavy atom. The van der Waals surface area contributed by atoms with E-state index in [4.69, 9.17) is 9.47 Å². The molecule has 1 aliphatic heterocycles. The van der Waals surface area contributed by atoms with Crippen molar-refractivity contribution in [2.24, 2.45) is 5.92 Å². The summed E-state index contributed by atoms with van der Waals surface area (Å²) in [5.74, 6) is 2.09. The topological polar surface area (TPSA) is 54.8 Å². The van der Waals surface area contributed by atoms with Crippen molar-refractivity contribution in [3.63, 3.8) is 0 Å². The molecule has 0 saturated carbocycles. The maximum absolute atomic E-state index is 9.75. The second-order valence-electron chi connectivity index (χ2n) is 6.21. The lowest BCUT2D eigenvalue weighted by Crippen LogP contribution is -2.21. The van der Waals surface area contributed by atoms with Gasteiger partial charge in [-0.25, -0.2) is 0 Å². The predicted molar refractivity (Wildman–Crippen MR) is 92.4 cm³/mol. The van der Waals surface area contributed by atoms with E-state index in [2.05, 4.69) is 16.0 Å². The molecule has 1 fully saturated rings. The van der Waals surface area contributed by atoms with Crippen molar-refractivity contribution in [2.75, 3.05) is 33.9 Å². The lowest BCUT2D eigenvalue weighted by Gasteiger charge is -2.17. The van der Waals surface area contributed by atoms with E-state index in [1.165, 1.54) is 11.1 Å². The van der Waals surface area contributed by atoms with Gasteiger partial charge < -0.3 is 14.6 Å². The van der Waals surface area contributed by atoms with Gasteiger partial charge in [-0.1, -0.05) is 6.07 Å². The molecule has 2 heterocycles. The van der Waals surface area contributed by atoms with E-state index >= 15 is 0 Å². The molecule has 0 unspecified atom stereocenters. The fourth-order valence-corrected chi connectivity index (χ4v) is 3.50. The quantitative estimate of drug-likeness (QED) is 0.882. The molecule has 5 nitrogen and oxygen atoms in total. The summed E-state index contributed by atoms with van der Waals surface area (Å²) in [7, 11) is 3.29. The van der Waals surface area contributed by atoms with E-state index in [0.29, 0.717) is 5.92 Å². The molecule has 0 bridgehead atoms. The fraction of sp³-hybridized carbons (Fsp3) is 0.421. The van der Waals surface area contributed by atoms with Crippen molar-refractivity contribution in [1.29, 1.82) is 0 Å². The van der Waals surface area contributed by atoms with Crippen LogP contribution in [0.4, 0.5) is 0 Å². The number of aromatic nitrogens is 1. The van der Waals surface area contributed by atoms with Crippen LogP contribution < -0.4 is 9.47 Å². The summed E-state index contributed by atoms with van der Waals surface area (Å²) in [5, 5.41) is 9.75. The van der Waals surface area contributed by atoms with Crippen molar-refractivity contribution in [2.45, 2.75) is 12.5 Å². The van der Waals surface area contributed by atoms with Gasteiger partial charge in [-0.2, -0.15) is 0 Å². The Morgan fingerprint density at radius 1 is 1.08 bits per heavy atom. The van der Waals surface area contributed by atoms with E-state index < -0.39 is 0 Å². The molecule has 3 rings (SSSR count). The Bertz CT molecular complexity index is 663. The van der Waals surface area contributed by atoms with Crippen LogP contribution in [0.3, 0.4) is 0 Å². The molecule has 5 heteroatoms. The first-order valence-corrected chi connectivity index (χ1v) is 8.19. The number of hydrogen-bond acceptors (Lipinski definition) is 5. The van der Waals surface area contributed by atoms with Gasteiger partial charge in [-0.15, -0.1) is 0 Å². The number of nitrogens with zero attached hydrogens (tertiary/aromatic N) is 2. The number of hydrogen-bond donors (Lipinski definition) is 1. The Hall–Kier alpha value is -2.11. The predicted octanol–water partition coefficient (Wildman–Crippen LogP) is 2.31. The smallest absolute Gasteiger partial charge is 0.161 e. The van der Waals surface area contributed by atoms with Gasteiger partial charge in [-0.3, -0.25) is 9.88 Å².